The van der Waals surface area contributed by atoms with Gasteiger partial charge in [-0.05, 0) is 55.4 Å². The minimum atomic E-state index is -3.54. The molecule has 1 aliphatic heterocycles. The van der Waals surface area contributed by atoms with E-state index in [1.807, 2.05) is 12.1 Å². The van der Waals surface area contributed by atoms with Crippen molar-refractivity contribution in [1.29, 1.82) is 0 Å². The number of fused-ring (bicyclic) bond motifs is 1. The predicted molar refractivity (Wildman–Crippen MR) is 109 cm³/mol. The van der Waals surface area contributed by atoms with Gasteiger partial charge in [0.05, 0.1) is 11.4 Å². The van der Waals surface area contributed by atoms with Crippen molar-refractivity contribution in [2.24, 2.45) is 5.92 Å². The summed E-state index contributed by atoms with van der Waals surface area (Å²) in [5.74, 6) is -0.142. The molecule has 2 fully saturated rings. The maximum absolute atomic E-state index is 13.0. The lowest BCUT2D eigenvalue weighted by Crippen LogP contribution is -2.52. The van der Waals surface area contributed by atoms with E-state index >= 15 is 0 Å². The molecule has 1 aromatic carbocycles. The molecule has 158 valence electrons. The summed E-state index contributed by atoms with van der Waals surface area (Å²) < 4.78 is 27.4. The lowest BCUT2D eigenvalue weighted by atomic mass is 10.1. The molecule has 1 N–H and O–H groups in total. The molecular weight excluding hydrogens is 390 g/mol. The number of hydrogen-bond acceptors (Lipinski definition) is 4. The van der Waals surface area contributed by atoms with Gasteiger partial charge < -0.3 is 10.2 Å². The van der Waals surface area contributed by atoms with Crippen molar-refractivity contribution in [3.8, 4) is 0 Å². The number of piperazine rings is 1. The molecular formula is C21H29N3O4S. The van der Waals surface area contributed by atoms with E-state index in [-0.39, 0.29) is 37.4 Å². The maximum Gasteiger partial charge on any atom is 0.243 e. The lowest BCUT2D eigenvalue weighted by Gasteiger charge is -2.34. The number of rotatable bonds is 5. The summed E-state index contributed by atoms with van der Waals surface area (Å²) in [6, 6.07) is 5.45. The first kappa shape index (κ1) is 20.3. The van der Waals surface area contributed by atoms with Crippen LogP contribution in [-0.2, 0) is 32.5 Å². The van der Waals surface area contributed by atoms with Gasteiger partial charge >= 0.3 is 0 Å². The molecule has 0 aromatic heterocycles. The number of carbonyl (C=O) groups excluding carboxylic acids is 2. The van der Waals surface area contributed by atoms with Crippen LogP contribution in [0, 0.1) is 5.92 Å². The van der Waals surface area contributed by atoms with Crippen LogP contribution in [0.1, 0.15) is 43.2 Å². The van der Waals surface area contributed by atoms with Gasteiger partial charge in [0.1, 0.15) is 0 Å². The van der Waals surface area contributed by atoms with E-state index in [0.717, 1.165) is 50.5 Å². The van der Waals surface area contributed by atoms with Gasteiger partial charge in [-0.15, -0.1) is 0 Å². The summed E-state index contributed by atoms with van der Waals surface area (Å²) in [4.78, 5) is 26.5. The number of hydrogen-bond donors (Lipinski definition) is 1. The zero-order valence-electron chi connectivity index (χ0n) is 16.7. The molecule has 0 spiro atoms. The Morgan fingerprint density at radius 2 is 1.66 bits per heavy atom. The lowest BCUT2D eigenvalue weighted by molar-refractivity contribution is -0.134. The van der Waals surface area contributed by atoms with Crippen molar-refractivity contribution in [2.45, 2.75) is 49.8 Å². The minimum absolute atomic E-state index is 0.00704. The fourth-order valence-electron chi connectivity index (χ4n) is 4.64. The molecule has 3 aliphatic rings. The standard InChI is InChI=1S/C21H29N3O4S/c25-20(15-22-21(26)17-4-1-2-5-17)23-10-12-24(13-11-23)29(27,28)19-9-8-16-6-3-7-18(16)14-19/h8-9,14,17H,1-7,10-13,15H2,(H,22,26). The van der Waals surface area contributed by atoms with Gasteiger partial charge in [-0.2, -0.15) is 4.31 Å². The van der Waals surface area contributed by atoms with Crippen LogP contribution in [0.5, 0.6) is 0 Å². The number of nitrogens with one attached hydrogen (secondary N) is 1. The second-order valence-electron chi connectivity index (χ2n) is 8.27. The normalized spacial score (nSPS) is 20.6. The summed E-state index contributed by atoms with van der Waals surface area (Å²) in [7, 11) is -3.54. The van der Waals surface area contributed by atoms with Crippen LogP contribution in [0.4, 0.5) is 0 Å². The van der Waals surface area contributed by atoms with E-state index in [1.54, 1.807) is 11.0 Å². The van der Waals surface area contributed by atoms with E-state index in [2.05, 4.69) is 5.32 Å². The summed E-state index contributed by atoms with van der Waals surface area (Å²) in [5.41, 5.74) is 2.39. The van der Waals surface area contributed by atoms with E-state index in [1.165, 1.54) is 9.87 Å². The highest BCUT2D eigenvalue weighted by Gasteiger charge is 2.31. The first-order valence-electron chi connectivity index (χ1n) is 10.6. The largest absolute Gasteiger partial charge is 0.347 e. The van der Waals surface area contributed by atoms with E-state index in [4.69, 9.17) is 0 Å². The van der Waals surface area contributed by atoms with Crippen molar-refractivity contribution >= 4 is 21.8 Å². The molecule has 29 heavy (non-hydrogen) atoms. The molecule has 0 unspecified atom stereocenters. The van der Waals surface area contributed by atoms with Gasteiger partial charge in [0, 0.05) is 32.1 Å². The Labute approximate surface area is 172 Å². The summed E-state index contributed by atoms with van der Waals surface area (Å²) in [6.45, 7) is 1.25. The zero-order valence-corrected chi connectivity index (χ0v) is 17.5. The van der Waals surface area contributed by atoms with Crippen LogP contribution in [-0.4, -0.2) is 62.2 Å². The van der Waals surface area contributed by atoms with Gasteiger partial charge in [-0.25, -0.2) is 8.42 Å². The average molecular weight is 420 g/mol. The van der Waals surface area contributed by atoms with Crippen molar-refractivity contribution in [3.63, 3.8) is 0 Å². The maximum atomic E-state index is 13.0. The molecule has 1 heterocycles. The van der Waals surface area contributed by atoms with Gasteiger partial charge in [0.25, 0.3) is 0 Å². The van der Waals surface area contributed by atoms with Crippen LogP contribution in [0.25, 0.3) is 0 Å². The first-order valence-corrected chi connectivity index (χ1v) is 12.1. The SMILES string of the molecule is O=C(NCC(=O)N1CCN(S(=O)(=O)c2ccc3c(c2)CCC3)CC1)C1CCCC1. The molecule has 2 amide bonds. The summed E-state index contributed by atoms with van der Waals surface area (Å²) in [5, 5.41) is 2.75. The third-order valence-corrected chi connectivity index (χ3v) is 8.33. The van der Waals surface area contributed by atoms with Crippen molar-refractivity contribution in [1.82, 2.24) is 14.5 Å². The van der Waals surface area contributed by atoms with Crippen LogP contribution >= 0.6 is 0 Å². The number of nitrogens with zero attached hydrogens (tertiary/aromatic N) is 2. The molecule has 7 nitrogen and oxygen atoms in total. The molecule has 1 saturated heterocycles. The first-order chi connectivity index (χ1) is 13.9. The molecule has 4 rings (SSSR count). The van der Waals surface area contributed by atoms with Gasteiger partial charge in [-0.1, -0.05) is 18.9 Å². The Balaban J connectivity index is 1.30. The minimum Gasteiger partial charge on any atom is -0.347 e. The van der Waals surface area contributed by atoms with Gasteiger partial charge in [0.15, 0.2) is 0 Å². The Morgan fingerprint density at radius 3 is 2.38 bits per heavy atom. The second kappa shape index (κ2) is 8.44. The molecule has 0 atom stereocenters. The van der Waals surface area contributed by atoms with E-state index in [0.29, 0.717) is 18.0 Å². The average Bonchev–Trinajstić information content (AvgIpc) is 3.43. The van der Waals surface area contributed by atoms with Crippen molar-refractivity contribution in [3.05, 3.63) is 29.3 Å². The fourth-order valence-corrected chi connectivity index (χ4v) is 6.12. The van der Waals surface area contributed by atoms with Gasteiger partial charge in [0.2, 0.25) is 21.8 Å². The molecule has 1 aromatic rings. The highest BCUT2D eigenvalue weighted by molar-refractivity contribution is 7.89. The third-order valence-electron chi connectivity index (χ3n) is 6.44. The number of aryl methyl sites for hydroxylation is 2. The molecule has 2 aliphatic carbocycles. The van der Waals surface area contributed by atoms with Crippen molar-refractivity contribution < 1.29 is 18.0 Å². The number of amides is 2. The number of sulfonamides is 1. The monoisotopic (exact) mass is 419 g/mol. The van der Waals surface area contributed by atoms with Crippen molar-refractivity contribution in [2.75, 3.05) is 32.7 Å². The topological polar surface area (TPSA) is 86.8 Å². The highest BCUT2D eigenvalue weighted by atomic mass is 32.2. The molecule has 0 radical (unpaired) electrons. The van der Waals surface area contributed by atoms with Gasteiger partial charge in [-0.3, -0.25) is 9.59 Å². The second-order valence-corrected chi connectivity index (χ2v) is 10.2. The predicted octanol–water partition coefficient (Wildman–Crippen LogP) is 1.31. The third kappa shape index (κ3) is 4.33. The number of benzene rings is 1. The van der Waals surface area contributed by atoms with Crippen LogP contribution in [0.2, 0.25) is 0 Å². The summed E-state index contributed by atoms with van der Waals surface area (Å²) in [6.07, 6.45) is 7.00. The Kier molecular flexibility index (Phi) is 5.92. The van der Waals surface area contributed by atoms with E-state index < -0.39 is 10.0 Å². The highest BCUT2D eigenvalue weighted by Crippen LogP contribution is 2.27. The quantitative estimate of drug-likeness (QED) is 0.780. The number of carbonyl (C=O) groups is 2. The molecule has 8 heteroatoms. The Morgan fingerprint density at radius 1 is 0.966 bits per heavy atom. The van der Waals surface area contributed by atoms with Crippen LogP contribution in [0.15, 0.2) is 23.1 Å². The summed E-state index contributed by atoms with van der Waals surface area (Å²) >= 11 is 0. The Bertz CT molecular complexity index is 885. The Hall–Kier alpha value is -1.93. The molecule has 0 bridgehead atoms. The fraction of sp³-hybridized carbons (Fsp3) is 0.619. The smallest absolute Gasteiger partial charge is 0.243 e. The van der Waals surface area contributed by atoms with E-state index in [9.17, 15) is 18.0 Å². The molecule has 1 saturated carbocycles. The zero-order chi connectivity index (χ0) is 20.4. The van der Waals surface area contributed by atoms with Crippen LogP contribution in [0.3, 0.4) is 0 Å². The van der Waals surface area contributed by atoms with Crippen LogP contribution < -0.4 is 5.32 Å².